The second-order valence-corrected chi connectivity index (χ2v) is 5.63. The van der Waals surface area contributed by atoms with Gasteiger partial charge in [0.15, 0.2) is 0 Å². The fourth-order valence-corrected chi connectivity index (χ4v) is 2.56. The third kappa shape index (κ3) is 1.86. The monoisotopic (exact) mass is 219 g/mol. The molecule has 0 spiro atoms. The summed E-state index contributed by atoms with van der Waals surface area (Å²) in [5.74, 6) is -0.103. The predicted molar refractivity (Wildman–Crippen MR) is 62.8 cm³/mol. The van der Waals surface area contributed by atoms with Crippen LogP contribution in [0.25, 0.3) is 0 Å². The summed E-state index contributed by atoms with van der Waals surface area (Å²) in [6.07, 6.45) is 4.84. The van der Waals surface area contributed by atoms with E-state index >= 15 is 0 Å². The lowest BCUT2D eigenvalue weighted by atomic mass is 10.1. The molecule has 2 aliphatic carbocycles. The summed E-state index contributed by atoms with van der Waals surface area (Å²) in [5.41, 5.74) is 3.05. The van der Waals surface area contributed by atoms with E-state index in [1.807, 2.05) is 6.07 Å². The summed E-state index contributed by atoms with van der Waals surface area (Å²) >= 11 is 0. The van der Waals surface area contributed by atoms with Crippen LogP contribution in [-0.4, -0.2) is 6.54 Å². The number of rotatable bonds is 3. The van der Waals surface area contributed by atoms with Gasteiger partial charge in [0.2, 0.25) is 0 Å². The Kier molecular flexibility index (Phi) is 2.28. The molecule has 1 fully saturated rings. The highest BCUT2D eigenvalue weighted by atomic mass is 19.1. The molecular formula is C14H18FN. The van der Waals surface area contributed by atoms with Gasteiger partial charge in [0.05, 0.1) is 0 Å². The quantitative estimate of drug-likeness (QED) is 0.823. The van der Waals surface area contributed by atoms with Gasteiger partial charge < -0.3 is 5.32 Å². The van der Waals surface area contributed by atoms with Crippen LogP contribution in [0.4, 0.5) is 4.39 Å². The lowest BCUT2D eigenvalue weighted by Gasteiger charge is -2.17. The summed E-state index contributed by atoms with van der Waals surface area (Å²) in [5, 5.41) is 3.64. The lowest BCUT2D eigenvalue weighted by molar-refractivity contribution is 0.439. The molecular weight excluding hydrogens is 201 g/mol. The van der Waals surface area contributed by atoms with Crippen LogP contribution in [0.15, 0.2) is 18.2 Å². The van der Waals surface area contributed by atoms with Gasteiger partial charge in [-0.1, -0.05) is 13.0 Å². The van der Waals surface area contributed by atoms with Crippen molar-refractivity contribution < 1.29 is 4.39 Å². The molecule has 1 unspecified atom stereocenters. The van der Waals surface area contributed by atoms with Gasteiger partial charge in [-0.25, -0.2) is 4.39 Å². The molecule has 0 saturated heterocycles. The first kappa shape index (κ1) is 10.3. The van der Waals surface area contributed by atoms with Crippen molar-refractivity contribution in [2.75, 3.05) is 6.54 Å². The zero-order chi connectivity index (χ0) is 11.2. The molecule has 2 heteroatoms. The Labute approximate surface area is 96.1 Å². The standard InChI is InChI=1S/C14H18FN/c1-14(6-7-14)9-16-13-5-2-10-8-11(15)3-4-12(10)13/h3-4,8,13,16H,2,5-7,9H2,1H3. The van der Waals surface area contributed by atoms with Gasteiger partial charge in [0.1, 0.15) is 5.82 Å². The number of fused-ring (bicyclic) bond motifs is 1. The van der Waals surface area contributed by atoms with Crippen LogP contribution in [0.3, 0.4) is 0 Å². The minimum absolute atomic E-state index is 0.103. The first-order valence-corrected chi connectivity index (χ1v) is 6.18. The Bertz CT molecular complexity index is 409. The molecule has 0 aromatic heterocycles. The molecule has 86 valence electrons. The highest BCUT2D eigenvalue weighted by molar-refractivity contribution is 5.35. The predicted octanol–water partition coefficient (Wildman–Crippen LogP) is 3.20. The molecule has 1 nitrogen and oxygen atoms in total. The highest BCUT2D eigenvalue weighted by Gasteiger charge is 2.37. The fourth-order valence-electron chi connectivity index (χ4n) is 2.56. The molecule has 0 amide bonds. The zero-order valence-corrected chi connectivity index (χ0v) is 9.72. The summed E-state index contributed by atoms with van der Waals surface area (Å²) < 4.78 is 13.1. The molecule has 0 aliphatic heterocycles. The van der Waals surface area contributed by atoms with Crippen molar-refractivity contribution in [1.29, 1.82) is 0 Å². The van der Waals surface area contributed by atoms with Crippen LogP contribution in [0.2, 0.25) is 0 Å². The van der Waals surface area contributed by atoms with E-state index in [4.69, 9.17) is 0 Å². The molecule has 0 bridgehead atoms. The van der Waals surface area contributed by atoms with Gasteiger partial charge in [0, 0.05) is 12.6 Å². The lowest BCUT2D eigenvalue weighted by Crippen LogP contribution is -2.25. The maximum Gasteiger partial charge on any atom is 0.123 e. The summed E-state index contributed by atoms with van der Waals surface area (Å²) in [6.45, 7) is 3.44. The zero-order valence-electron chi connectivity index (χ0n) is 9.72. The summed E-state index contributed by atoms with van der Waals surface area (Å²) in [7, 11) is 0. The SMILES string of the molecule is CC1(CNC2CCc3cc(F)ccc32)CC1. The van der Waals surface area contributed by atoms with E-state index in [1.165, 1.54) is 24.0 Å². The maximum atomic E-state index is 13.1. The first-order chi connectivity index (χ1) is 7.66. The second kappa shape index (κ2) is 3.56. The smallest absolute Gasteiger partial charge is 0.123 e. The molecule has 1 aromatic rings. The van der Waals surface area contributed by atoms with Crippen molar-refractivity contribution in [3.05, 3.63) is 35.1 Å². The fraction of sp³-hybridized carbons (Fsp3) is 0.571. The van der Waals surface area contributed by atoms with Crippen molar-refractivity contribution in [1.82, 2.24) is 5.32 Å². The Morgan fingerprint density at radius 3 is 3.00 bits per heavy atom. The normalized spacial score (nSPS) is 25.5. The van der Waals surface area contributed by atoms with Crippen molar-refractivity contribution in [2.45, 2.75) is 38.6 Å². The minimum Gasteiger partial charge on any atom is -0.309 e. The number of halogens is 1. The Balaban J connectivity index is 1.71. The van der Waals surface area contributed by atoms with Crippen molar-refractivity contribution in [2.24, 2.45) is 5.41 Å². The van der Waals surface area contributed by atoms with Crippen LogP contribution < -0.4 is 5.32 Å². The molecule has 1 atom stereocenters. The van der Waals surface area contributed by atoms with Gasteiger partial charge in [-0.05, 0) is 54.4 Å². The summed E-state index contributed by atoms with van der Waals surface area (Å²) in [4.78, 5) is 0. The molecule has 1 aromatic carbocycles. The van der Waals surface area contributed by atoms with Gasteiger partial charge in [-0.3, -0.25) is 0 Å². The maximum absolute atomic E-state index is 13.1. The molecule has 16 heavy (non-hydrogen) atoms. The van der Waals surface area contributed by atoms with Gasteiger partial charge >= 0.3 is 0 Å². The Hall–Kier alpha value is -0.890. The molecule has 0 heterocycles. The van der Waals surface area contributed by atoms with Crippen molar-refractivity contribution in [3.8, 4) is 0 Å². The van der Waals surface area contributed by atoms with Gasteiger partial charge in [-0.2, -0.15) is 0 Å². The third-order valence-corrected chi connectivity index (χ3v) is 4.06. The Morgan fingerprint density at radius 2 is 2.25 bits per heavy atom. The number of nitrogens with one attached hydrogen (secondary N) is 1. The van der Waals surface area contributed by atoms with Crippen molar-refractivity contribution in [3.63, 3.8) is 0 Å². The molecule has 2 aliphatic rings. The van der Waals surface area contributed by atoms with E-state index in [9.17, 15) is 4.39 Å². The van der Waals surface area contributed by atoms with Gasteiger partial charge in [0.25, 0.3) is 0 Å². The van der Waals surface area contributed by atoms with Crippen LogP contribution in [-0.2, 0) is 6.42 Å². The number of benzene rings is 1. The third-order valence-electron chi connectivity index (χ3n) is 4.06. The molecule has 3 rings (SSSR count). The molecule has 1 saturated carbocycles. The largest absolute Gasteiger partial charge is 0.309 e. The van der Waals surface area contributed by atoms with Crippen LogP contribution in [0.1, 0.15) is 43.4 Å². The Morgan fingerprint density at radius 1 is 1.44 bits per heavy atom. The van der Waals surface area contributed by atoms with E-state index in [-0.39, 0.29) is 5.82 Å². The van der Waals surface area contributed by atoms with E-state index in [0.29, 0.717) is 11.5 Å². The van der Waals surface area contributed by atoms with Crippen molar-refractivity contribution >= 4 is 0 Å². The number of hydrogen-bond acceptors (Lipinski definition) is 1. The first-order valence-electron chi connectivity index (χ1n) is 6.18. The average Bonchev–Trinajstić information content (AvgIpc) is 2.87. The molecule has 0 radical (unpaired) electrons. The average molecular weight is 219 g/mol. The summed E-state index contributed by atoms with van der Waals surface area (Å²) in [6, 6.07) is 5.67. The van der Waals surface area contributed by atoms with Crippen LogP contribution >= 0.6 is 0 Å². The highest BCUT2D eigenvalue weighted by Crippen LogP contribution is 2.45. The van der Waals surface area contributed by atoms with E-state index < -0.39 is 0 Å². The topological polar surface area (TPSA) is 12.0 Å². The number of aryl methyl sites for hydroxylation is 1. The van der Waals surface area contributed by atoms with Crippen LogP contribution in [0, 0.1) is 11.2 Å². The van der Waals surface area contributed by atoms with E-state index in [0.717, 1.165) is 19.4 Å². The number of hydrogen-bond donors (Lipinski definition) is 1. The second-order valence-electron chi connectivity index (χ2n) is 5.63. The minimum atomic E-state index is -0.103. The van der Waals surface area contributed by atoms with Gasteiger partial charge in [-0.15, -0.1) is 0 Å². The molecule has 1 N–H and O–H groups in total. The van der Waals surface area contributed by atoms with E-state index in [1.54, 1.807) is 12.1 Å². The van der Waals surface area contributed by atoms with Crippen LogP contribution in [0.5, 0.6) is 0 Å². The van der Waals surface area contributed by atoms with E-state index in [2.05, 4.69) is 12.2 Å².